The third kappa shape index (κ3) is 3.49. The van der Waals surface area contributed by atoms with Gasteiger partial charge in [-0.05, 0) is 70.5 Å². The fourth-order valence-corrected chi connectivity index (χ4v) is 3.43. The van der Waals surface area contributed by atoms with Crippen LogP contribution in [0.25, 0.3) is 16.4 Å². The minimum Gasteiger partial charge on any atom is -0.386 e. The molecule has 1 amide bonds. The Hall–Kier alpha value is -3.19. The van der Waals surface area contributed by atoms with Crippen LogP contribution in [0.5, 0.6) is 0 Å². The molecule has 0 spiro atoms. The van der Waals surface area contributed by atoms with Crippen molar-refractivity contribution in [1.82, 2.24) is 19.4 Å². The van der Waals surface area contributed by atoms with Crippen LogP contribution < -0.4 is 5.32 Å². The SMILES string of the molecule is Cc1cnn2c(C(=O)Nc3cc4cn(C(C)C)nc4cc3C(C)(C)O)ccc2c1. The Balaban J connectivity index is 1.78. The molecule has 0 bridgehead atoms. The number of hydrogen-bond acceptors (Lipinski definition) is 4. The van der Waals surface area contributed by atoms with Crippen LogP contribution in [0.4, 0.5) is 5.69 Å². The normalized spacial score (nSPS) is 12.2. The van der Waals surface area contributed by atoms with Gasteiger partial charge in [0, 0.05) is 28.9 Å². The molecule has 7 nitrogen and oxygen atoms in total. The van der Waals surface area contributed by atoms with Gasteiger partial charge in [-0.3, -0.25) is 9.48 Å². The number of carbonyl (C=O) groups is 1. The van der Waals surface area contributed by atoms with E-state index in [9.17, 15) is 9.90 Å². The maximum atomic E-state index is 13.0. The van der Waals surface area contributed by atoms with Crippen molar-refractivity contribution in [2.45, 2.75) is 46.3 Å². The molecular weight excluding hydrogens is 366 g/mol. The molecule has 0 aliphatic carbocycles. The molecule has 1 aromatic carbocycles. The standard InChI is InChI=1S/C22H25N5O2/c1-13(2)26-12-15-9-19(17(22(4,5)29)10-18(15)25-26)24-21(28)20-7-6-16-8-14(3)11-23-27(16)20/h6-13,29H,1-5H3,(H,24,28). The highest BCUT2D eigenvalue weighted by Gasteiger charge is 2.24. The quantitative estimate of drug-likeness (QED) is 0.550. The number of nitrogens with one attached hydrogen (secondary N) is 1. The van der Waals surface area contributed by atoms with Crippen LogP contribution in [0.15, 0.2) is 42.7 Å². The summed E-state index contributed by atoms with van der Waals surface area (Å²) in [6.07, 6.45) is 3.67. The Morgan fingerprint density at radius 1 is 1.21 bits per heavy atom. The molecule has 0 fully saturated rings. The Labute approximate surface area is 169 Å². The number of anilines is 1. The number of hydrogen-bond donors (Lipinski definition) is 2. The largest absolute Gasteiger partial charge is 0.386 e. The lowest BCUT2D eigenvalue weighted by molar-refractivity contribution is 0.0793. The smallest absolute Gasteiger partial charge is 0.274 e. The lowest BCUT2D eigenvalue weighted by atomic mass is 9.95. The summed E-state index contributed by atoms with van der Waals surface area (Å²) in [4.78, 5) is 13.0. The summed E-state index contributed by atoms with van der Waals surface area (Å²) in [5.74, 6) is -0.289. The summed E-state index contributed by atoms with van der Waals surface area (Å²) in [6.45, 7) is 9.46. The Bertz CT molecular complexity index is 1230. The van der Waals surface area contributed by atoms with Crippen LogP contribution in [0.3, 0.4) is 0 Å². The molecule has 0 aliphatic rings. The zero-order chi connectivity index (χ0) is 20.9. The summed E-state index contributed by atoms with van der Waals surface area (Å²) in [6, 6.07) is 9.49. The molecule has 3 heterocycles. The van der Waals surface area contributed by atoms with Crippen molar-refractivity contribution in [2.24, 2.45) is 0 Å². The van der Waals surface area contributed by atoms with Crippen molar-refractivity contribution in [3.8, 4) is 0 Å². The average Bonchev–Trinajstić information content (AvgIpc) is 3.23. The molecule has 0 aliphatic heterocycles. The number of fused-ring (bicyclic) bond motifs is 2. The highest BCUT2D eigenvalue weighted by Crippen LogP contribution is 2.32. The number of carbonyl (C=O) groups excluding carboxylic acids is 1. The van der Waals surface area contributed by atoms with Crippen LogP contribution >= 0.6 is 0 Å². The van der Waals surface area contributed by atoms with E-state index in [4.69, 9.17) is 0 Å². The zero-order valence-electron chi connectivity index (χ0n) is 17.3. The number of aryl methyl sites for hydroxylation is 1. The molecular formula is C22H25N5O2. The molecule has 0 unspecified atom stereocenters. The van der Waals surface area contributed by atoms with Gasteiger partial charge in [0.05, 0.1) is 22.8 Å². The van der Waals surface area contributed by atoms with E-state index in [0.717, 1.165) is 22.0 Å². The molecule has 4 rings (SSSR count). The van der Waals surface area contributed by atoms with Crippen molar-refractivity contribution < 1.29 is 9.90 Å². The number of nitrogens with zero attached hydrogens (tertiary/aromatic N) is 4. The van der Waals surface area contributed by atoms with E-state index in [-0.39, 0.29) is 11.9 Å². The van der Waals surface area contributed by atoms with Gasteiger partial charge in [0.2, 0.25) is 0 Å². The van der Waals surface area contributed by atoms with E-state index in [0.29, 0.717) is 16.9 Å². The molecule has 0 saturated heterocycles. The van der Waals surface area contributed by atoms with Gasteiger partial charge in [-0.1, -0.05) is 0 Å². The van der Waals surface area contributed by atoms with Gasteiger partial charge < -0.3 is 10.4 Å². The first kappa shape index (κ1) is 19.1. The fraction of sp³-hybridized carbons (Fsp3) is 0.318. The molecule has 0 radical (unpaired) electrons. The molecule has 0 saturated carbocycles. The molecule has 4 aromatic rings. The second kappa shape index (κ2) is 6.70. The number of rotatable bonds is 4. The maximum Gasteiger partial charge on any atom is 0.274 e. The van der Waals surface area contributed by atoms with Crippen molar-refractivity contribution in [1.29, 1.82) is 0 Å². The highest BCUT2D eigenvalue weighted by molar-refractivity contribution is 6.05. The molecule has 3 aromatic heterocycles. The van der Waals surface area contributed by atoms with E-state index in [1.807, 2.05) is 42.1 Å². The Kier molecular flexibility index (Phi) is 4.42. The monoisotopic (exact) mass is 391 g/mol. The Morgan fingerprint density at radius 3 is 2.66 bits per heavy atom. The van der Waals surface area contributed by atoms with E-state index < -0.39 is 5.60 Å². The highest BCUT2D eigenvalue weighted by atomic mass is 16.3. The van der Waals surface area contributed by atoms with Crippen LogP contribution in [0, 0.1) is 6.92 Å². The maximum absolute atomic E-state index is 13.0. The third-order valence-electron chi connectivity index (χ3n) is 4.97. The van der Waals surface area contributed by atoms with E-state index >= 15 is 0 Å². The predicted octanol–water partition coefficient (Wildman–Crippen LogP) is 4.05. The average molecular weight is 391 g/mol. The van der Waals surface area contributed by atoms with Gasteiger partial charge in [0.25, 0.3) is 5.91 Å². The fourth-order valence-electron chi connectivity index (χ4n) is 3.43. The van der Waals surface area contributed by atoms with Crippen LogP contribution in [0.2, 0.25) is 0 Å². The third-order valence-corrected chi connectivity index (χ3v) is 4.97. The number of aromatic nitrogens is 4. The first-order valence-electron chi connectivity index (χ1n) is 9.65. The Morgan fingerprint density at radius 2 is 1.97 bits per heavy atom. The zero-order valence-corrected chi connectivity index (χ0v) is 17.3. The second-order valence-corrected chi connectivity index (χ2v) is 8.26. The lowest BCUT2D eigenvalue weighted by Gasteiger charge is -2.22. The predicted molar refractivity (Wildman–Crippen MR) is 113 cm³/mol. The molecule has 2 N–H and O–H groups in total. The van der Waals surface area contributed by atoms with E-state index in [2.05, 4.69) is 29.4 Å². The second-order valence-electron chi connectivity index (χ2n) is 8.26. The van der Waals surface area contributed by atoms with Crippen molar-refractivity contribution in [3.63, 3.8) is 0 Å². The minimum atomic E-state index is -1.14. The van der Waals surface area contributed by atoms with Crippen LogP contribution in [-0.2, 0) is 5.60 Å². The van der Waals surface area contributed by atoms with Crippen molar-refractivity contribution in [3.05, 3.63) is 59.5 Å². The summed E-state index contributed by atoms with van der Waals surface area (Å²) in [7, 11) is 0. The summed E-state index contributed by atoms with van der Waals surface area (Å²) < 4.78 is 3.48. The first-order chi connectivity index (χ1) is 13.6. The van der Waals surface area contributed by atoms with Gasteiger partial charge in [-0.25, -0.2) is 4.52 Å². The summed E-state index contributed by atoms with van der Waals surface area (Å²) >= 11 is 0. The molecule has 7 heteroatoms. The van der Waals surface area contributed by atoms with Gasteiger partial charge in [-0.15, -0.1) is 0 Å². The van der Waals surface area contributed by atoms with E-state index in [1.165, 1.54) is 0 Å². The first-order valence-corrected chi connectivity index (χ1v) is 9.65. The van der Waals surface area contributed by atoms with Gasteiger partial charge in [0.1, 0.15) is 5.69 Å². The van der Waals surface area contributed by atoms with Gasteiger partial charge >= 0.3 is 0 Å². The minimum absolute atomic E-state index is 0.215. The van der Waals surface area contributed by atoms with Crippen LogP contribution in [-0.4, -0.2) is 30.4 Å². The number of amides is 1. The number of aliphatic hydroxyl groups is 1. The topological polar surface area (TPSA) is 84.5 Å². The van der Waals surface area contributed by atoms with Crippen LogP contribution in [0.1, 0.15) is 55.4 Å². The molecule has 29 heavy (non-hydrogen) atoms. The van der Waals surface area contributed by atoms with Crippen molar-refractivity contribution in [2.75, 3.05) is 5.32 Å². The van der Waals surface area contributed by atoms with Crippen molar-refractivity contribution >= 4 is 28.0 Å². The summed E-state index contributed by atoms with van der Waals surface area (Å²) in [5.41, 5.74) is 3.11. The van der Waals surface area contributed by atoms with E-state index in [1.54, 1.807) is 30.6 Å². The molecule has 0 atom stereocenters. The summed E-state index contributed by atoms with van der Waals surface area (Å²) in [5, 5.41) is 23.5. The number of benzene rings is 1. The molecule has 150 valence electrons. The van der Waals surface area contributed by atoms with Gasteiger partial charge in [-0.2, -0.15) is 10.2 Å². The lowest BCUT2D eigenvalue weighted by Crippen LogP contribution is -2.22. The van der Waals surface area contributed by atoms with Gasteiger partial charge in [0.15, 0.2) is 0 Å².